The highest BCUT2D eigenvalue weighted by Gasteiger charge is 2.34. The number of halogens is 3. The van der Waals surface area contributed by atoms with E-state index in [1.807, 2.05) is 18.9 Å². The van der Waals surface area contributed by atoms with Crippen molar-refractivity contribution in [2.24, 2.45) is 5.92 Å². The minimum Gasteiger partial charge on any atom is -0.488 e. The molecule has 2 amide bonds. The third kappa shape index (κ3) is 7.58. The van der Waals surface area contributed by atoms with Gasteiger partial charge >= 0.3 is 6.18 Å². The molecule has 0 spiro atoms. The van der Waals surface area contributed by atoms with Crippen molar-refractivity contribution in [1.29, 1.82) is 0 Å². The summed E-state index contributed by atoms with van der Waals surface area (Å²) in [6.45, 7) is 4.44. The van der Waals surface area contributed by atoms with Crippen molar-refractivity contribution in [3.63, 3.8) is 0 Å². The van der Waals surface area contributed by atoms with Gasteiger partial charge in [-0.25, -0.2) is 4.68 Å². The molecule has 1 aliphatic rings. The first-order valence-electron chi connectivity index (χ1n) is 13.0. The molecule has 0 radical (unpaired) electrons. The summed E-state index contributed by atoms with van der Waals surface area (Å²) in [4.78, 5) is 29.6. The quantitative estimate of drug-likeness (QED) is 0.399. The molecule has 11 nitrogen and oxygen atoms in total. The van der Waals surface area contributed by atoms with Gasteiger partial charge in [0.2, 0.25) is 5.91 Å². The number of aliphatic hydroxyl groups excluding tert-OH is 1. The van der Waals surface area contributed by atoms with Crippen molar-refractivity contribution in [2.45, 2.75) is 45.3 Å². The maximum absolute atomic E-state index is 13.6. The van der Waals surface area contributed by atoms with E-state index in [1.165, 1.54) is 29.2 Å². The minimum atomic E-state index is -4.40. The lowest BCUT2D eigenvalue weighted by Crippen LogP contribution is -2.49. The Labute approximate surface area is 234 Å². The summed E-state index contributed by atoms with van der Waals surface area (Å²) in [5, 5.41) is 23.2. The third-order valence-corrected chi connectivity index (χ3v) is 6.87. The van der Waals surface area contributed by atoms with Gasteiger partial charge in [-0.2, -0.15) is 13.2 Å². The van der Waals surface area contributed by atoms with Crippen molar-refractivity contribution in [2.75, 3.05) is 32.1 Å². The van der Waals surface area contributed by atoms with E-state index in [0.717, 1.165) is 12.1 Å². The number of benzene rings is 2. The van der Waals surface area contributed by atoms with Crippen molar-refractivity contribution >= 4 is 17.5 Å². The van der Waals surface area contributed by atoms with Crippen LogP contribution in [0.3, 0.4) is 0 Å². The maximum Gasteiger partial charge on any atom is 0.416 e. The molecule has 2 heterocycles. The summed E-state index contributed by atoms with van der Waals surface area (Å²) < 4.78 is 46.4. The molecule has 220 valence electrons. The average molecular weight is 576 g/mol. The van der Waals surface area contributed by atoms with Gasteiger partial charge in [-0.1, -0.05) is 19.1 Å². The number of carbonyl (C=O) groups is 2. The number of alkyl halides is 3. The Morgan fingerprint density at radius 2 is 1.98 bits per heavy atom. The van der Waals surface area contributed by atoms with Gasteiger partial charge in [0.1, 0.15) is 24.7 Å². The summed E-state index contributed by atoms with van der Waals surface area (Å²) in [6, 6.07) is 9.33. The van der Waals surface area contributed by atoms with Crippen molar-refractivity contribution in [3.05, 3.63) is 65.5 Å². The van der Waals surface area contributed by atoms with Gasteiger partial charge < -0.3 is 20.1 Å². The molecule has 3 atom stereocenters. The Kier molecular flexibility index (Phi) is 9.23. The van der Waals surface area contributed by atoms with E-state index >= 15 is 0 Å². The van der Waals surface area contributed by atoms with Crippen LogP contribution in [0.1, 0.15) is 35.3 Å². The Morgan fingerprint density at radius 1 is 1.24 bits per heavy atom. The molecular formula is C27H32F3N7O4. The molecule has 2 aromatic carbocycles. The molecular weight excluding hydrogens is 543 g/mol. The molecule has 14 heteroatoms. The number of aromatic nitrogens is 4. The van der Waals surface area contributed by atoms with Crippen molar-refractivity contribution < 1.29 is 32.6 Å². The van der Waals surface area contributed by atoms with Crippen molar-refractivity contribution in [3.8, 4) is 5.75 Å². The Hall–Kier alpha value is -4.04. The number of rotatable bonds is 9. The van der Waals surface area contributed by atoms with E-state index in [0.29, 0.717) is 36.6 Å². The Bertz CT molecular complexity index is 1340. The molecule has 4 rings (SSSR count). The second kappa shape index (κ2) is 12.6. The van der Waals surface area contributed by atoms with E-state index in [-0.39, 0.29) is 30.5 Å². The fraction of sp³-hybridized carbons (Fsp3) is 0.444. The molecule has 1 aliphatic heterocycles. The van der Waals surface area contributed by atoms with E-state index < -0.39 is 29.8 Å². The van der Waals surface area contributed by atoms with Crippen LogP contribution in [0.25, 0.3) is 0 Å². The fourth-order valence-corrected chi connectivity index (χ4v) is 4.60. The van der Waals surface area contributed by atoms with Crippen LogP contribution in [0.2, 0.25) is 0 Å². The van der Waals surface area contributed by atoms with Gasteiger partial charge in [-0.05, 0) is 60.3 Å². The summed E-state index contributed by atoms with van der Waals surface area (Å²) in [7, 11) is 1.84. The summed E-state index contributed by atoms with van der Waals surface area (Å²) in [6.07, 6.45) is -3.48. The number of anilines is 1. The van der Waals surface area contributed by atoms with Gasteiger partial charge in [0, 0.05) is 31.2 Å². The molecule has 0 unspecified atom stereocenters. The topological polar surface area (TPSA) is 126 Å². The molecule has 0 saturated carbocycles. The number of aliphatic hydroxyl groups is 1. The molecule has 0 saturated heterocycles. The SMILES string of the molecule is C[C@H](CO)N1C[C@H](C)[C@@H](CN(C)Cc2ccc(C(F)(F)F)cc2)Oc2ccc(NC(=O)Cn3cnnn3)cc2C1=O. The monoisotopic (exact) mass is 575 g/mol. The molecule has 41 heavy (non-hydrogen) atoms. The Balaban J connectivity index is 1.53. The van der Waals surface area contributed by atoms with Crippen LogP contribution >= 0.6 is 0 Å². The number of ether oxygens (including phenoxy) is 1. The molecule has 2 N–H and O–H groups in total. The lowest BCUT2D eigenvalue weighted by molar-refractivity contribution is -0.137. The zero-order chi connectivity index (χ0) is 29.7. The number of carbonyl (C=O) groups excluding carboxylic acids is 2. The standard InChI is InChI=1S/C27H32F3N7O4/c1-17-11-37(18(2)15-38)26(40)22-10-21(32-25(39)14-36-16-31-33-34-36)8-9-23(22)41-24(17)13-35(3)12-19-4-6-20(7-5-19)27(28,29)30/h4-10,16-18,24,38H,11-15H2,1-3H3,(H,32,39)/t17-,18+,24+/m0/s1. The number of hydrogen-bond acceptors (Lipinski definition) is 8. The highest BCUT2D eigenvalue weighted by Crippen LogP contribution is 2.31. The van der Waals surface area contributed by atoms with Crippen LogP contribution in [0.4, 0.5) is 18.9 Å². The second-order valence-corrected chi connectivity index (χ2v) is 10.3. The lowest BCUT2D eigenvalue weighted by Gasteiger charge is -2.38. The number of likely N-dealkylation sites (N-methyl/N-ethyl adjacent to an activating group) is 1. The van der Waals surface area contributed by atoms with Gasteiger partial charge in [0.05, 0.1) is 23.8 Å². The summed E-state index contributed by atoms with van der Waals surface area (Å²) in [5.74, 6) is -0.565. The number of fused-ring (bicyclic) bond motifs is 1. The first-order chi connectivity index (χ1) is 19.4. The van der Waals surface area contributed by atoms with Crippen LogP contribution in [0.5, 0.6) is 5.75 Å². The number of nitrogens with zero attached hydrogens (tertiary/aromatic N) is 6. The molecule has 0 bridgehead atoms. The molecule has 0 fully saturated rings. The summed E-state index contributed by atoms with van der Waals surface area (Å²) >= 11 is 0. The van der Waals surface area contributed by atoms with E-state index in [2.05, 4.69) is 20.8 Å². The highest BCUT2D eigenvalue weighted by molar-refractivity contribution is 5.99. The van der Waals surface area contributed by atoms with Crippen LogP contribution in [0, 0.1) is 5.92 Å². The summed E-state index contributed by atoms with van der Waals surface area (Å²) in [5.41, 5.74) is 0.617. The first kappa shape index (κ1) is 29.9. The van der Waals surface area contributed by atoms with Crippen LogP contribution in [0.15, 0.2) is 48.8 Å². The van der Waals surface area contributed by atoms with E-state index in [1.54, 1.807) is 24.0 Å². The number of amides is 2. The Morgan fingerprint density at radius 3 is 2.61 bits per heavy atom. The fourth-order valence-electron chi connectivity index (χ4n) is 4.60. The van der Waals surface area contributed by atoms with Gasteiger partial charge in [0.25, 0.3) is 5.91 Å². The van der Waals surface area contributed by atoms with E-state index in [4.69, 9.17) is 4.74 Å². The number of hydrogen-bond donors (Lipinski definition) is 2. The second-order valence-electron chi connectivity index (χ2n) is 10.3. The third-order valence-electron chi connectivity index (χ3n) is 6.87. The largest absolute Gasteiger partial charge is 0.488 e. The molecule has 3 aromatic rings. The number of nitrogens with one attached hydrogen (secondary N) is 1. The molecule has 1 aromatic heterocycles. The van der Waals surface area contributed by atoms with Crippen LogP contribution in [-0.4, -0.2) is 85.8 Å². The zero-order valence-electron chi connectivity index (χ0n) is 22.9. The zero-order valence-corrected chi connectivity index (χ0v) is 22.9. The normalized spacial score (nSPS) is 18.3. The lowest BCUT2D eigenvalue weighted by atomic mass is 9.99. The van der Waals surface area contributed by atoms with Crippen molar-refractivity contribution in [1.82, 2.24) is 30.0 Å². The smallest absolute Gasteiger partial charge is 0.416 e. The average Bonchev–Trinajstić information content (AvgIpc) is 3.43. The predicted octanol–water partition coefficient (Wildman–Crippen LogP) is 2.68. The van der Waals surface area contributed by atoms with Gasteiger partial charge in [-0.15, -0.1) is 5.10 Å². The predicted molar refractivity (Wildman–Crippen MR) is 142 cm³/mol. The number of tetrazole rings is 1. The highest BCUT2D eigenvalue weighted by atomic mass is 19.4. The van der Waals surface area contributed by atoms with Crippen LogP contribution < -0.4 is 10.1 Å². The van der Waals surface area contributed by atoms with Gasteiger partial charge in [-0.3, -0.25) is 14.5 Å². The minimum absolute atomic E-state index is 0.118. The first-order valence-corrected chi connectivity index (χ1v) is 13.0. The van der Waals surface area contributed by atoms with E-state index in [9.17, 15) is 27.9 Å². The van der Waals surface area contributed by atoms with Gasteiger partial charge in [0.15, 0.2) is 0 Å². The van der Waals surface area contributed by atoms with Crippen LogP contribution in [-0.2, 0) is 24.1 Å². The molecule has 0 aliphatic carbocycles. The maximum atomic E-state index is 13.6.